The summed E-state index contributed by atoms with van der Waals surface area (Å²) in [5.41, 5.74) is -1.58. The highest BCUT2D eigenvalue weighted by Gasteiger charge is 2.60. The lowest BCUT2D eigenvalue weighted by atomic mass is 10.2. The second kappa shape index (κ2) is 19.7. The molecule has 68 heavy (non-hydrogen) atoms. The van der Waals surface area contributed by atoms with E-state index in [0.29, 0.717) is 43.2 Å². The molecule has 0 bridgehead atoms. The molecule has 0 amide bonds. The van der Waals surface area contributed by atoms with Crippen LogP contribution in [0.3, 0.4) is 0 Å². The van der Waals surface area contributed by atoms with Gasteiger partial charge in [0, 0.05) is 35.2 Å². The summed E-state index contributed by atoms with van der Waals surface area (Å²) in [7, 11) is -7.87. The first-order valence-electron chi connectivity index (χ1n) is 23.7. The number of hydrogen-bond acceptors (Lipinski definition) is 8. The van der Waals surface area contributed by atoms with E-state index in [4.69, 9.17) is 18.4 Å². The first-order chi connectivity index (χ1) is 32.4. The number of nitrogens with one attached hydrogen (secondary N) is 1. The predicted molar refractivity (Wildman–Crippen MR) is 276 cm³/mol. The van der Waals surface area contributed by atoms with E-state index < -0.39 is 65.9 Å². The molecule has 4 aromatic carbocycles. The van der Waals surface area contributed by atoms with E-state index in [9.17, 15) is 19.2 Å². The van der Waals surface area contributed by atoms with Crippen molar-refractivity contribution >= 4 is 45.4 Å². The van der Waals surface area contributed by atoms with Gasteiger partial charge in [-0.05, 0) is 53.6 Å². The molecule has 1 N–H and O–H groups in total. The minimum absolute atomic E-state index is 0.219. The lowest BCUT2D eigenvalue weighted by molar-refractivity contribution is -0.0946. The van der Waals surface area contributed by atoms with E-state index in [1.807, 2.05) is 31.2 Å². The molecule has 2 aliphatic rings. The molecule has 15 heteroatoms. The Morgan fingerprint density at radius 3 is 1.68 bits per heavy atom. The standard InChI is InChI=1S/C53H65N4O8PSi2/c1-10-66(65-49-44(33-46(64-49)55-34-37(2)47(58)54-50(55)60)67(52(4,5)6,40-23-15-11-16-24-40)41-25-17-12-18-26-41)57-48(59)38(3)35-56(51(57)61)45-32-31-39(63-45)36-62-68(53(7,8)9,42-27-19-13-20-28-42)43-29-21-14-22-30-43/h11-30,34-35,39,44-46,49H,10,31-33,36H2,1-9H3,(H,54,58,60)/t39-,44?,45+,46?,49?,66?/m0/s1. The van der Waals surface area contributed by atoms with Crippen LogP contribution in [0.4, 0.5) is 0 Å². The number of aryl methyl sites for hydroxylation is 2. The van der Waals surface area contributed by atoms with Crippen LogP contribution in [0.25, 0.3) is 0 Å². The molecule has 6 atom stereocenters. The second-order valence-electron chi connectivity index (χ2n) is 20.2. The third kappa shape index (κ3) is 9.00. The number of aromatic amines is 1. The Labute approximate surface area is 402 Å². The number of nitrogens with zero attached hydrogens (tertiary/aromatic N) is 3. The van der Waals surface area contributed by atoms with E-state index in [1.165, 1.54) is 25.5 Å². The lowest BCUT2D eigenvalue weighted by Gasteiger charge is -2.49. The van der Waals surface area contributed by atoms with Gasteiger partial charge in [0.2, 0.25) is 0 Å². The van der Waals surface area contributed by atoms with Gasteiger partial charge in [-0.3, -0.25) is 23.7 Å². The zero-order valence-electron chi connectivity index (χ0n) is 40.7. The Bertz CT molecular complexity index is 2850. The van der Waals surface area contributed by atoms with E-state index in [0.717, 1.165) is 10.4 Å². The quantitative estimate of drug-likeness (QED) is 0.0888. The molecule has 4 heterocycles. The Morgan fingerprint density at radius 2 is 1.18 bits per heavy atom. The number of hydrogen-bond donors (Lipinski definition) is 1. The molecule has 2 aromatic heterocycles. The van der Waals surface area contributed by atoms with Crippen molar-refractivity contribution in [2.24, 2.45) is 0 Å². The van der Waals surface area contributed by atoms with Crippen LogP contribution in [0.2, 0.25) is 15.6 Å². The Morgan fingerprint density at radius 1 is 0.662 bits per heavy atom. The maximum Gasteiger partial charge on any atom is 0.338 e. The van der Waals surface area contributed by atoms with Gasteiger partial charge in [-0.1, -0.05) is 180 Å². The molecule has 0 saturated carbocycles. The van der Waals surface area contributed by atoms with Gasteiger partial charge in [0.1, 0.15) is 28.8 Å². The summed E-state index contributed by atoms with van der Waals surface area (Å²) >= 11 is 0. The van der Waals surface area contributed by atoms with Gasteiger partial charge in [0.15, 0.2) is 6.29 Å². The van der Waals surface area contributed by atoms with Crippen LogP contribution in [0.5, 0.6) is 0 Å². The van der Waals surface area contributed by atoms with E-state index >= 15 is 0 Å². The van der Waals surface area contributed by atoms with E-state index in [-0.39, 0.29) is 21.7 Å². The second-order valence-corrected chi connectivity index (χ2v) is 31.5. The smallest absolute Gasteiger partial charge is 0.338 e. The van der Waals surface area contributed by atoms with Crippen LogP contribution in [0, 0.1) is 13.8 Å². The van der Waals surface area contributed by atoms with Crippen molar-refractivity contribution in [3.05, 3.63) is 187 Å². The molecule has 12 nitrogen and oxygen atoms in total. The molecule has 4 unspecified atom stereocenters. The Balaban J connectivity index is 1.16. The van der Waals surface area contributed by atoms with E-state index in [2.05, 4.69) is 144 Å². The largest absolute Gasteiger partial charge is 0.405 e. The number of benzene rings is 4. The highest BCUT2D eigenvalue weighted by atomic mass is 31.2. The predicted octanol–water partition coefficient (Wildman–Crippen LogP) is 7.31. The summed E-state index contributed by atoms with van der Waals surface area (Å²) in [5.74, 6) is 0. The molecule has 0 aliphatic carbocycles. The van der Waals surface area contributed by atoms with Crippen molar-refractivity contribution in [1.82, 2.24) is 18.5 Å². The van der Waals surface area contributed by atoms with Crippen molar-refractivity contribution in [1.29, 1.82) is 0 Å². The zero-order valence-corrected chi connectivity index (χ0v) is 43.6. The number of aromatic nitrogens is 4. The lowest BCUT2D eigenvalue weighted by Crippen LogP contribution is -2.68. The van der Waals surface area contributed by atoms with Gasteiger partial charge in [-0.25, -0.2) is 13.9 Å². The van der Waals surface area contributed by atoms with Crippen LogP contribution in [-0.2, 0) is 18.4 Å². The maximum atomic E-state index is 15.0. The normalized spacial score (nSPS) is 20.7. The molecule has 2 saturated heterocycles. The van der Waals surface area contributed by atoms with Crippen molar-refractivity contribution in [2.75, 3.05) is 12.8 Å². The van der Waals surface area contributed by atoms with Gasteiger partial charge < -0.3 is 18.4 Å². The summed E-state index contributed by atoms with van der Waals surface area (Å²) in [5, 5.41) is 4.11. The molecule has 6 aromatic rings. The minimum Gasteiger partial charge on any atom is -0.405 e. The van der Waals surface area contributed by atoms with Crippen molar-refractivity contribution in [2.45, 2.75) is 122 Å². The topological polar surface area (TPSA) is 136 Å². The van der Waals surface area contributed by atoms with Crippen LogP contribution in [0.1, 0.15) is 91.3 Å². The number of ether oxygens (including phenoxy) is 2. The summed E-state index contributed by atoms with van der Waals surface area (Å²) in [6.07, 6.45) is 2.35. The summed E-state index contributed by atoms with van der Waals surface area (Å²) < 4.78 is 32.4. The van der Waals surface area contributed by atoms with Crippen LogP contribution >= 0.6 is 8.30 Å². The van der Waals surface area contributed by atoms with Crippen LogP contribution < -0.4 is 43.2 Å². The number of H-pyrrole nitrogens is 1. The van der Waals surface area contributed by atoms with Crippen molar-refractivity contribution in [3.8, 4) is 0 Å². The molecule has 2 fully saturated rings. The van der Waals surface area contributed by atoms with Gasteiger partial charge in [-0.15, -0.1) is 0 Å². The SMILES string of the molecule is CCP(OC1OC(n2cc(C)c(=O)[nH]c2=O)CC1[Si](c1ccccc1)(c1ccccc1)C(C)(C)C)n1c(=O)c(C)cn([C@H]2CC[C@@H](CO[Si](c3ccccc3)(c3ccccc3)C(C)(C)C)O2)c1=O. The van der Waals surface area contributed by atoms with Crippen LogP contribution in [0.15, 0.2) is 153 Å². The molecule has 358 valence electrons. The average Bonchev–Trinajstić information content (AvgIpc) is 3.97. The minimum atomic E-state index is -3.06. The van der Waals surface area contributed by atoms with Gasteiger partial charge in [-0.2, -0.15) is 0 Å². The monoisotopic (exact) mass is 972 g/mol. The fraction of sp³-hybridized carbons (Fsp3) is 0.396. The summed E-state index contributed by atoms with van der Waals surface area (Å²) in [4.78, 5) is 57.9. The first-order valence-corrected chi connectivity index (χ1v) is 29.1. The number of rotatable bonds is 14. The fourth-order valence-corrected chi connectivity index (χ4v) is 23.9. The highest BCUT2D eigenvalue weighted by Crippen LogP contribution is 2.55. The Kier molecular flexibility index (Phi) is 14.3. The van der Waals surface area contributed by atoms with Crippen molar-refractivity contribution in [3.63, 3.8) is 0 Å². The van der Waals surface area contributed by atoms with Gasteiger partial charge in [0.05, 0.1) is 12.7 Å². The maximum absolute atomic E-state index is 15.0. The average molecular weight is 973 g/mol. The molecule has 0 spiro atoms. The highest BCUT2D eigenvalue weighted by molar-refractivity contribution is 7.50. The van der Waals surface area contributed by atoms with Gasteiger partial charge >= 0.3 is 11.4 Å². The molecule has 8 rings (SSSR count). The van der Waals surface area contributed by atoms with Crippen LogP contribution in [-0.4, -0.2) is 60.0 Å². The molecular weight excluding hydrogens is 908 g/mol. The first kappa shape index (κ1) is 49.4. The summed E-state index contributed by atoms with van der Waals surface area (Å²) in [6.45, 7) is 19.1. The molecule has 2 aliphatic heterocycles. The Hall–Kier alpha value is -5.06. The van der Waals surface area contributed by atoms with Crippen molar-refractivity contribution < 1.29 is 18.4 Å². The molecular formula is C53H65N4O8PSi2. The van der Waals surface area contributed by atoms with Gasteiger partial charge in [0.25, 0.3) is 19.4 Å². The molecule has 0 radical (unpaired) electrons. The summed E-state index contributed by atoms with van der Waals surface area (Å²) in [6, 6.07) is 41.9. The van der Waals surface area contributed by atoms with E-state index in [1.54, 1.807) is 24.6 Å². The third-order valence-electron chi connectivity index (χ3n) is 14.0. The zero-order chi connectivity index (χ0) is 48.6. The third-order valence-corrected chi connectivity index (χ3v) is 27.3. The fourth-order valence-electron chi connectivity index (χ4n) is 11.0.